The van der Waals surface area contributed by atoms with E-state index in [1.807, 2.05) is 30.3 Å². The molecule has 3 rings (SSSR count). The van der Waals surface area contributed by atoms with Crippen molar-refractivity contribution >= 4 is 16.8 Å². The summed E-state index contributed by atoms with van der Waals surface area (Å²) in [5.74, 6) is -0.256. The first-order valence-electron chi connectivity index (χ1n) is 6.93. The first-order valence-corrected chi connectivity index (χ1v) is 6.93. The lowest BCUT2D eigenvalue weighted by Crippen LogP contribution is -2.29. The van der Waals surface area contributed by atoms with Gasteiger partial charge < -0.3 is 9.88 Å². The fraction of sp³-hybridized carbons (Fsp3) is 0.118. The topological polar surface area (TPSA) is 66.1 Å². The molecule has 0 saturated carbocycles. The maximum Gasteiger partial charge on any atom is 0.289 e. The monoisotopic (exact) mass is 293 g/mol. The Kier molecular flexibility index (Phi) is 3.70. The van der Waals surface area contributed by atoms with Crippen LogP contribution in [-0.2, 0) is 6.54 Å². The average molecular weight is 293 g/mol. The number of aromatic amines is 1. The number of para-hydroxylation sites is 1. The first-order chi connectivity index (χ1) is 10.6. The summed E-state index contributed by atoms with van der Waals surface area (Å²) in [5, 5.41) is 0.477. The van der Waals surface area contributed by atoms with Crippen molar-refractivity contribution in [1.82, 2.24) is 14.9 Å². The summed E-state index contributed by atoms with van der Waals surface area (Å²) in [4.78, 5) is 32.8. The van der Waals surface area contributed by atoms with Gasteiger partial charge in [0.1, 0.15) is 0 Å². The molecule has 1 N–H and O–H groups in total. The van der Waals surface area contributed by atoms with Crippen molar-refractivity contribution in [3.8, 4) is 0 Å². The van der Waals surface area contributed by atoms with Crippen LogP contribution in [-0.4, -0.2) is 27.8 Å². The van der Waals surface area contributed by atoms with E-state index in [1.165, 1.54) is 4.90 Å². The molecule has 5 heteroatoms. The number of hydrogen-bond donors (Lipinski definition) is 1. The molecule has 2 aromatic carbocycles. The highest BCUT2D eigenvalue weighted by atomic mass is 16.2. The van der Waals surface area contributed by atoms with Crippen LogP contribution in [0.3, 0.4) is 0 Å². The van der Waals surface area contributed by atoms with E-state index in [-0.39, 0.29) is 17.3 Å². The zero-order valence-corrected chi connectivity index (χ0v) is 12.1. The molecule has 0 spiro atoms. The van der Waals surface area contributed by atoms with Gasteiger partial charge in [-0.3, -0.25) is 9.59 Å². The minimum atomic E-state index is -0.313. The van der Waals surface area contributed by atoms with E-state index in [0.717, 1.165) is 5.56 Å². The van der Waals surface area contributed by atoms with Crippen molar-refractivity contribution in [1.29, 1.82) is 0 Å². The van der Waals surface area contributed by atoms with Crippen LogP contribution in [0.1, 0.15) is 16.2 Å². The quantitative estimate of drug-likeness (QED) is 0.805. The minimum absolute atomic E-state index is 0.0575. The molecule has 0 atom stereocenters. The third kappa shape index (κ3) is 2.74. The Labute approximate surface area is 127 Å². The number of nitrogens with one attached hydrogen (secondary N) is 1. The fourth-order valence-electron chi connectivity index (χ4n) is 2.30. The Morgan fingerprint density at radius 1 is 1.09 bits per heavy atom. The third-order valence-electron chi connectivity index (χ3n) is 3.42. The minimum Gasteiger partial charge on any atom is -0.335 e. The highest BCUT2D eigenvalue weighted by Gasteiger charge is 2.16. The van der Waals surface area contributed by atoms with Gasteiger partial charge in [-0.25, -0.2) is 4.98 Å². The molecule has 0 radical (unpaired) electrons. The highest BCUT2D eigenvalue weighted by molar-refractivity contribution is 5.92. The lowest BCUT2D eigenvalue weighted by Gasteiger charge is -2.16. The molecule has 5 nitrogen and oxygen atoms in total. The van der Waals surface area contributed by atoms with E-state index in [2.05, 4.69) is 9.97 Å². The highest BCUT2D eigenvalue weighted by Crippen LogP contribution is 2.08. The van der Waals surface area contributed by atoms with Gasteiger partial charge in [0.2, 0.25) is 0 Å². The lowest BCUT2D eigenvalue weighted by molar-refractivity contribution is 0.0773. The van der Waals surface area contributed by atoms with Crippen LogP contribution in [0.5, 0.6) is 0 Å². The molecule has 110 valence electrons. The number of benzene rings is 2. The molecule has 0 saturated heterocycles. The summed E-state index contributed by atoms with van der Waals surface area (Å²) >= 11 is 0. The van der Waals surface area contributed by atoms with Crippen LogP contribution in [0.15, 0.2) is 59.4 Å². The second-order valence-corrected chi connectivity index (χ2v) is 5.08. The van der Waals surface area contributed by atoms with Crippen LogP contribution in [0.4, 0.5) is 0 Å². The van der Waals surface area contributed by atoms with Crippen molar-refractivity contribution in [3.63, 3.8) is 0 Å². The molecule has 1 amide bonds. The predicted octanol–water partition coefficient (Wildman–Crippen LogP) is 2.20. The number of rotatable bonds is 3. The Balaban J connectivity index is 1.90. The number of amides is 1. The molecule has 0 bridgehead atoms. The maximum atomic E-state index is 12.4. The van der Waals surface area contributed by atoms with Crippen LogP contribution in [0, 0.1) is 0 Å². The lowest BCUT2D eigenvalue weighted by atomic mass is 10.2. The molecule has 0 aliphatic carbocycles. The summed E-state index contributed by atoms with van der Waals surface area (Å²) in [7, 11) is 1.69. The van der Waals surface area contributed by atoms with E-state index >= 15 is 0 Å². The van der Waals surface area contributed by atoms with E-state index in [9.17, 15) is 9.59 Å². The number of fused-ring (bicyclic) bond motifs is 1. The smallest absolute Gasteiger partial charge is 0.289 e. The van der Waals surface area contributed by atoms with Crippen molar-refractivity contribution in [2.75, 3.05) is 7.05 Å². The van der Waals surface area contributed by atoms with Gasteiger partial charge in [0, 0.05) is 13.6 Å². The summed E-state index contributed by atoms with van der Waals surface area (Å²) in [6, 6.07) is 16.6. The standard InChI is InChI=1S/C17H15N3O2/c1-20(11-12-7-3-2-4-8-12)17(22)15-18-14-10-6-5-9-13(14)16(21)19-15/h2-10H,11H2,1H3,(H,18,19,21). The van der Waals surface area contributed by atoms with Crippen LogP contribution >= 0.6 is 0 Å². The Morgan fingerprint density at radius 2 is 1.77 bits per heavy atom. The summed E-state index contributed by atoms with van der Waals surface area (Å²) < 4.78 is 0. The van der Waals surface area contributed by atoms with Gasteiger partial charge in [-0.05, 0) is 17.7 Å². The second kappa shape index (κ2) is 5.81. The number of nitrogens with zero attached hydrogens (tertiary/aromatic N) is 2. The first kappa shape index (κ1) is 14.0. The molecule has 1 heterocycles. The number of carbonyl (C=O) groups excluding carboxylic acids is 1. The fourth-order valence-corrected chi connectivity index (χ4v) is 2.30. The predicted molar refractivity (Wildman–Crippen MR) is 84.6 cm³/mol. The van der Waals surface area contributed by atoms with Crippen molar-refractivity contribution in [2.24, 2.45) is 0 Å². The van der Waals surface area contributed by atoms with Crippen LogP contribution in [0.25, 0.3) is 10.9 Å². The van der Waals surface area contributed by atoms with Gasteiger partial charge in [0.15, 0.2) is 5.82 Å². The zero-order valence-electron chi connectivity index (χ0n) is 12.1. The Morgan fingerprint density at radius 3 is 2.55 bits per heavy atom. The van der Waals surface area contributed by atoms with E-state index < -0.39 is 0 Å². The summed E-state index contributed by atoms with van der Waals surface area (Å²) in [5.41, 5.74) is 1.23. The molecule has 0 aliphatic rings. The van der Waals surface area contributed by atoms with Crippen LogP contribution in [0.2, 0.25) is 0 Å². The Bertz CT molecular complexity index is 872. The second-order valence-electron chi connectivity index (χ2n) is 5.08. The number of aromatic nitrogens is 2. The molecule has 1 aromatic heterocycles. The van der Waals surface area contributed by atoms with Crippen LogP contribution < -0.4 is 5.56 Å². The average Bonchev–Trinajstić information content (AvgIpc) is 2.55. The van der Waals surface area contributed by atoms with Crippen molar-refractivity contribution in [2.45, 2.75) is 6.54 Å². The zero-order chi connectivity index (χ0) is 15.5. The normalized spacial score (nSPS) is 10.6. The molecule has 0 unspecified atom stereocenters. The van der Waals surface area contributed by atoms with Gasteiger partial charge >= 0.3 is 0 Å². The van der Waals surface area contributed by atoms with Gasteiger partial charge in [0.05, 0.1) is 10.9 Å². The third-order valence-corrected chi connectivity index (χ3v) is 3.42. The SMILES string of the molecule is CN(Cc1ccccc1)C(=O)c1nc2ccccc2c(=O)[nH]1. The van der Waals surface area contributed by atoms with Gasteiger partial charge in [-0.15, -0.1) is 0 Å². The maximum absolute atomic E-state index is 12.4. The molecule has 0 aliphatic heterocycles. The van der Waals surface area contributed by atoms with Gasteiger partial charge in [-0.1, -0.05) is 42.5 Å². The Hall–Kier alpha value is -2.95. The van der Waals surface area contributed by atoms with Crippen molar-refractivity contribution < 1.29 is 4.79 Å². The van der Waals surface area contributed by atoms with E-state index in [4.69, 9.17) is 0 Å². The van der Waals surface area contributed by atoms with Gasteiger partial charge in [-0.2, -0.15) is 0 Å². The number of hydrogen-bond acceptors (Lipinski definition) is 3. The molecular formula is C17H15N3O2. The van der Waals surface area contributed by atoms with Crippen molar-refractivity contribution in [3.05, 3.63) is 76.3 Å². The molecular weight excluding hydrogens is 278 g/mol. The van der Waals surface area contributed by atoms with E-state index in [1.54, 1.807) is 31.3 Å². The summed E-state index contributed by atoms with van der Waals surface area (Å²) in [6.07, 6.45) is 0. The summed E-state index contributed by atoms with van der Waals surface area (Å²) in [6.45, 7) is 0.455. The van der Waals surface area contributed by atoms with E-state index in [0.29, 0.717) is 17.4 Å². The molecule has 22 heavy (non-hydrogen) atoms. The largest absolute Gasteiger partial charge is 0.335 e. The van der Waals surface area contributed by atoms with Gasteiger partial charge in [0.25, 0.3) is 11.5 Å². The molecule has 0 fully saturated rings. The number of carbonyl (C=O) groups is 1. The number of H-pyrrole nitrogens is 1. The molecule has 3 aromatic rings.